The van der Waals surface area contributed by atoms with Gasteiger partial charge < -0.3 is 9.52 Å². The van der Waals surface area contributed by atoms with Crippen LogP contribution in [0, 0.1) is 6.92 Å². The molecule has 0 saturated carbocycles. The molecule has 2 heterocycles. The lowest BCUT2D eigenvalue weighted by Gasteiger charge is -2.07. The number of nitrogens with zero attached hydrogens (tertiary/aromatic N) is 1. The fraction of sp³-hybridized carbons (Fsp3) is 0.214. The Morgan fingerprint density at radius 3 is 2.95 bits per heavy atom. The van der Waals surface area contributed by atoms with E-state index < -0.39 is 0 Å². The highest BCUT2D eigenvalue weighted by Crippen LogP contribution is 2.30. The van der Waals surface area contributed by atoms with Crippen LogP contribution in [0.2, 0.25) is 0 Å². The largest absolute Gasteiger partial charge is 0.507 e. The fourth-order valence-electron chi connectivity index (χ4n) is 2.17. The molecule has 2 N–H and O–H groups in total. The summed E-state index contributed by atoms with van der Waals surface area (Å²) in [6, 6.07) is 9.31. The maximum atomic E-state index is 9.92. The standard InChI is InChI=1S/C14H13BrN2O2/c1-8-2-3-12(18)9(6-8)10-7-11(17-16-10)13-4-5-14(15)19-13/h2-6,11,17-18H,7H2,1H3. The Kier molecular flexibility index (Phi) is 3.06. The summed E-state index contributed by atoms with van der Waals surface area (Å²) in [4.78, 5) is 0. The van der Waals surface area contributed by atoms with Gasteiger partial charge in [-0.25, -0.2) is 0 Å². The van der Waals surface area contributed by atoms with Gasteiger partial charge in [0, 0.05) is 12.0 Å². The lowest BCUT2D eigenvalue weighted by Crippen LogP contribution is -2.08. The molecule has 0 amide bonds. The van der Waals surface area contributed by atoms with Crippen molar-refractivity contribution in [1.29, 1.82) is 0 Å². The number of hydrogen-bond donors (Lipinski definition) is 2. The molecule has 1 aromatic carbocycles. The minimum atomic E-state index is 0.0150. The molecular weight excluding hydrogens is 308 g/mol. The number of aromatic hydroxyl groups is 1. The smallest absolute Gasteiger partial charge is 0.169 e. The predicted octanol–water partition coefficient (Wildman–Crippen LogP) is 3.49. The molecule has 1 aliphatic heterocycles. The second-order valence-electron chi connectivity index (χ2n) is 4.61. The maximum absolute atomic E-state index is 9.92. The number of furan rings is 1. The topological polar surface area (TPSA) is 57.8 Å². The molecule has 0 bridgehead atoms. The van der Waals surface area contributed by atoms with Crippen LogP contribution < -0.4 is 5.43 Å². The van der Waals surface area contributed by atoms with Gasteiger partial charge in [0.25, 0.3) is 0 Å². The minimum Gasteiger partial charge on any atom is -0.507 e. The fourth-order valence-corrected chi connectivity index (χ4v) is 2.49. The Morgan fingerprint density at radius 2 is 2.21 bits per heavy atom. The molecular formula is C14H13BrN2O2. The van der Waals surface area contributed by atoms with Crippen molar-refractivity contribution in [1.82, 2.24) is 5.43 Å². The van der Waals surface area contributed by atoms with Crippen molar-refractivity contribution in [2.24, 2.45) is 5.10 Å². The Bertz CT molecular complexity index is 649. The van der Waals surface area contributed by atoms with Crippen molar-refractivity contribution in [3.8, 4) is 5.75 Å². The van der Waals surface area contributed by atoms with Crippen molar-refractivity contribution >= 4 is 21.6 Å². The number of halogens is 1. The summed E-state index contributed by atoms with van der Waals surface area (Å²) < 4.78 is 6.23. The second kappa shape index (κ2) is 4.74. The molecule has 98 valence electrons. The molecule has 1 aromatic heterocycles. The van der Waals surface area contributed by atoms with Crippen LogP contribution in [0.15, 0.2) is 44.5 Å². The highest BCUT2D eigenvalue weighted by atomic mass is 79.9. The summed E-state index contributed by atoms with van der Waals surface area (Å²) in [5.41, 5.74) is 5.77. The Morgan fingerprint density at radius 1 is 1.37 bits per heavy atom. The van der Waals surface area contributed by atoms with Crippen molar-refractivity contribution in [2.45, 2.75) is 19.4 Å². The van der Waals surface area contributed by atoms with E-state index in [2.05, 4.69) is 26.5 Å². The van der Waals surface area contributed by atoms with Crippen LogP contribution in [0.4, 0.5) is 0 Å². The maximum Gasteiger partial charge on any atom is 0.169 e. The average Bonchev–Trinajstić information content (AvgIpc) is 3.00. The van der Waals surface area contributed by atoms with E-state index in [0.717, 1.165) is 22.6 Å². The molecule has 19 heavy (non-hydrogen) atoms. The molecule has 1 unspecified atom stereocenters. The average molecular weight is 321 g/mol. The molecule has 0 fully saturated rings. The van der Waals surface area contributed by atoms with E-state index in [1.807, 2.05) is 31.2 Å². The molecule has 0 saturated heterocycles. The number of nitrogens with one attached hydrogen (secondary N) is 1. The zero-order chi connectivity index (χ0) is 13.4. The number of benzene rings is 1. The van der Waals surface area contributed by atoms with Gasteiger partial charge in [-0.2, -0.15) is 5.10 Å². The molecule has 0 aliphatic carbocycles. The van der Waals surface area contributed by atoms with Gasteiger partial charge >= 0.3 is 0 Å². The van der Waals surface area contributed by atoms with Gasteiger partial charge in [0.05, 0.1) is 5.71 Å². The first-order valence-electron chi connectivity index (χ1n) is 6.01. The second-order valence-corrected chi connectivity index (χ2v) is 5.39. The number of rotatable bonds is 2. The van der Waals surface area contributed by atoms with Gasteiger partial charge in [0.15, 0.2) is 4.67 Å². The van der Waals surface area contributed by atoms with Crippen LogP contribution >= 0.6 is 15.9 Å². The van der Waals surface area contributed by atoms with E-state index in [1.165, 1.54) is 0 Å². The van der Waals surface area contributed by atoms with Crippen LogP contribution in [0.1, 0.15) is 29.3 Å². The van der Waals surface area contributed by atoms with Gasteiger partial charge in [0.2, 0.25) is 0 Å². The monoisotopic (exact) mass is 320 g/mol. The molecule has 0 radical (unpaired) electrons. The van der Waals surface area contributed by atoms with Crippen molar-refractivity contribution < 1.29 is 9.52 Å². The highest BCUT2D eigenvalue weighted by molar-refractivity contribution is 9.10. The highest BCUT2D eigenvalue weighted by Gasteiger charge is 2.25. The summed E-state index contributed by atoms with van der Waals surface area (Å²) in [5, 5.41) is 14.2. The summed E-state index contributed by atoms with van der Waals surface area (Å²) in [5.74, 6) is 1.09. The molecule has 4 nitrogen and oxygen atoms in total. The van der Waals surface area contributed by atoms with Crippen LogP contribution in [0.25, 0.3) is 0 Å². The van der Waals surface area contributed by atoms with E-state index in [-0.39, 0.29) is 11.8 Å². The third-order valence-electron chi connectivity index (χ3n) is 3.15. The first kappa shape index (κ1) is 12.3. The van der Waals surface area contributed by atoms with Gasteiger partial charge in [-0.15, -0.1) is 0 Å². The molecule has 1 atom stereocenters. The lowest BCUT2D eigenvalue weighted by molar-refractivity contribution is 0.426. The normalized spacial score (nSPS) is 18.2. The van der Waals surface area contributed by atoms with Crippen LogP contribution in [-0.4, -0.2) is 10.8 Å². The quantitative estimate of drug-likeness (QED) is 0.890. The SMILES string of the molecule is Cc1ccc(O)c(C2=NNC(c3ccc(Br)o3)C2)c1. The summed E-state index contributed by atoms with van der Waals surface area (Å²) in [6.07, 6.45) is 0.691. The van der Waals surface area contributed by atoms with Crippen molar-refractivity contribution in [3.63, 3.8) is 0 Å². The third kappa shape index (κ3) is 2.38. The number of phenols is 1. The first-order chi connectivity index (χ1) is 9.13. The van der Waals surface area contributed by atoms with Gasteiger partial charge in [-0.1, -0.05) is 11.6 Å². The van der Waals surface area contributed by atoms with Crippen LogP contribution in [-0.2, 0) is 0 Å². The Balaban J connectivity index is 1.83. The lowest BCUT2D eigenvalue weighted by atomic mass is 10.0. The number of phenolic OH excluding ortho intramolecular Hbond substituents is 1. The summed E-state index contributed by atoms with van der Waals surface area (Å²) in [7, 11) is 0. The Hall–Kier alpha value is -1.75. The molecule has 2 aromatic rings. The van der Waals surface area contributed by atoms with Gasteiger partial charge in [0.1, 0.15) is 17.6 Å². The molecule has 0 spiro atoms. The number of hydrogen-bond acceptors (Lipinski definition) is 4. The molecule has 1 aliphatic rings. The number of aryl methyl sites for hydroxylation is 1. The van der Waals surface area contributed by atoms with E-state index in [4.69, 9.17) is 4.42 Å². The van der Waals surface area contributed by atoms with Gasteiger partial charge in [-0.05, 0) is 47.1 Å². The zero-order valence-corrected chi connectivity index (χ0v) is 11.9. The van der Waals surface area contributed by atoms with E-state index in [9.17, 15) is 5.11 Å². The van der Waals surface area contributed by atoms with Gasteiger partial charge in [-0.3, -0.25) is 5.43 Å². The number of hydrazone groups is 1. The van der Waals surface area contributed by atoms with Crippen molar-refractivity contribution in [2.75, 3.05) is 0 Å². The third-order valence-corrected chi connectivity index (χ3v) is 3.58. The summed E-state index contributed by atoms with van der Waals surface area (Å²) in [6.45, 7) is 1.99. The Labute approximate surface area is 119 Å². The van der Waals surface area contributed by atoms with Crippen molar-refractivity contribution in [3.05, 3.63) is 51.9 Å². The van der Waals surface area contributed by atoms with E-state index >= 15 is 0 Å². The van der Waals surface area contributed by atoms with E-state index in [0.29, 0.717) is 11.1 Å². The molecule has 3 rings (SSSR count). The molecule has 5 heteroatoms. The minimum absolute atomic E-state index is 0.0150. The predicted molar refractivity (Wildman–Crippen MR) is 76.3 cm³/mol. The van der Waals surface area contributed by atoms with E-state index in [1.54, 1.807) is 6.07 Å². The first-order valence-corrected chi connectivity index (χ1v) is 6.80. The summed E-state index contributed by atoms with van der Waals surface area (Å²) >= 11 is 3.29. The van der Waals surface area contributed by atoms with Crippen LogP contribution in [0.3, 0.4) is 0 Å². The van der Waals surface area contributed by atoms with Crippen LogP contribution in [0.5, 0.6) is 5.75 Å². The zero-order valence-electron chi connectivity index (χ0n) is 10.4.